The third-order valence-electron chi connectivity index (χ3n) is 3.47. The number of aryl methyl sites for hydroxylation is 1. The van der Waals surface area contributed by atoms with E-state index in [1.54, 1.807) is 6.92 Å². The number of hydrogen-bond donors (Lipinski definition) is 0. The minimum atomic E-state index is -0.219. The Labute approximate surface area is 118 Å². The van der Waals surface area contributed by atoms with Crippen molar-refractivity contribution in [1.29, 1.82) is 0 Å². The summed E-state index contributed by atoms with van der Waals surface area (Å²) < 4.78 is 15.7. The molecule has 0 N–H and O–H groups in total. The number of alkyl halides is 1. The molecule has 104 valence electrons. The molecule has 1 aromatic carbocycles. The van der Waals surface area contributed by atoms with E-state index in [0.29, 0.717) is 17.0 Å². The lowest BCUT2D eigenvalue weighted by Crippen LogP contribution is -2.23. The van der Waals surface area contributed by atoms with Crippen molar-refractivity contribution in [2.45, 2.75) is 26.3 Å². The lowest BCUT2D eigenvalue weighted by molar-refractivity contribution is 0.335. The Morgan fingerprint density at radius 1 is 1.42 bits per heavy atom. The van der Waals surface area contributed by atoms with Gasteiger partial charge in [0.1, 0.15) is 11.6 Å². The minimum Gasteiger partial charge on any atom is -0.326 e. The Morgan fingerprint density at radius 3 is 2.79 bits per heavy atom. The molecule has 0 radical (unpaired) electrons. The lowest BCUT2D eigenvalue weighted by atomic mass is 10.2. The number of benzene rings is 1. The zero-order valence-corrected chi connectivity index (χ0v) is 12.3. The Balaban J connectivity index is 2.42. The van der Waals surface area contributed by atoms with E-state index in [1.807, 2.05) is 6.07 Å². The van der Waals surface area contributed by atoms with Gasteiger partial charge in [0.15, 0.2) is 0 Å². The van der Waals surface area contributed by atoms with Crippen LogP contribution < -0.4 is 0 Å². The molecule has 0 spiro atoms. The van der Waals surface area contributed by atoms with E-state index in [0.717, 1.165) is 31.0 Å². The van der Waals surface area contributed by atoms with Crippen LogP contribution in [0, 0.1) is 12.7 Å². The first-order valence-corrected chi connectivity index (χ1v) is 7.00. The second-order valence-corrected chi connectivity index (χ2v) is 5.07. The van der Waals surface area contributed by atoms with Crippen LogP contribution in [-0.2, 0) is 12.4 Å². The minimum absolute atomic E-state index is 0.219. The molecule has 1 aromatic heterocycles. The molecular weight excluding hydrogens is 265 g/mol. The van der Waals surface area contributed by atoms with Gasteiger partial charge in [-0.15, -0.1) is 11.6 Å². The second-order valence-electron chi connectivity index (χ2n) is 4.80. The first-order chi connectivity index (χ1) is 9.06. The number of nitrogens with zero attached hydrogens (tertiary/aromatic N) is 3. The fraction of sp³-hybridized carbons (Fsp3) is 0.500. The lowest BCUT2D eigenvalue weighted by Gasteiger charge is -2.15. The van der Waals surface area contributed by atoms with Crippen LogP contribution in [0.15, 0.2) is 12.1 Å². The maximum Gasteiger partial charge on any atom is 0.128 e. The van der Waals surface area contributed by atoms with Gasteiger partial charge in [-0.3, -0.25) is 0 Å². The van der Waals surface area contributed by atoms with E-state index in [9.17, 15) is 4.39 Å². The quantitative estimate of drug-likeness (QED) is 0.786. The van der Waals surface area contributed by atoms with Crippen molar-refractivity contribution in [3.63, 3.8) is 0 Å². The van der Waals surface area contributed by atoms with Gasteiger partial charge in [0.05, 0.1) is 16.9 Å². The maximum atomic E-state index is 13.6. The molecule has 1 heterocycles. The Morgan fingerprint density at radius 2 is 2.16 bits per heavy atom. The van der Waals surface area contributed by atoms with E-state index in [4.69, 9.17) is 11.6 Å². The van der Waals surface area contributed by atoms with Gasteiger partial charge in [0.2, 0.25) is 0 Å². The predicted molar refractivity (Wildman–Crippen MR) is 77.2 cm³/mol. The van der Waals surface area contributed by atoms with Gasteiger partial charge in [-0.05, 0) is 32.1 Å². The monoisotopic (exact) mass is 283 g/mol. The van der Waals surface area contributed by atoms with Gasteiger partial charge in [-0.1, -0.05) is 6.92 Å². The predicted octanol–water partition coefficient (Wildman–Crippen LogP) is 3.17. The van der Waals surface area contributed by atoms with E-state index in [1.165, 1.54) is 6.07 Å². The van der Waals surface area contributed by atoms with Crippen LogP contribution in [0.5, 0.6) is 0 Å². The van der Waals surface area contributed by atoms with Crippen molar-refractivity contribution in [3.8, 4) is 0 Å². The Kier molecular flexibility index (Phi) is 4.42. The molecule has 0 atom stereocenters. The number of halogens is 2. The molecule has 5 heteroatoms. The van der Waals surface area contributed by atoms with Gasteiger partial charge in [-0.2, -0.15) is 0 Å². The largest absolute Gasteiger partial charge is 0.326 e. The molecule has 0 saturated carbocycles. The molecule has 2 rings (SSSR count). The van der Waals surface area contributed by atoms with Crippen LogP contribution in [0.25, 0.3) is 11.0 Å². The fourth-order valence-corrected chi connectivity index (χ4v) is 2.28. The third-order valence-corrected chi connectivity index (χ3v) is 3.71. The van der Waals surface area contributed by atoms with E-state index < -0.39 is 0 Å². The molecule has 19 heavy (non-hydrogen) atoms. The Hall–Kier alpha value is -1.13. The van der Waals surface area contributed by atoms with Crippen LogP contribution in [0.1, 0.15) is 18.3 Å². The Bertz CT molecular complexity index is 580. The van der Waals surface area contributed by atoms with E-state index >= 15 is 0 Å². The van der Waals surface area contributed by atoms with Crippen LogP contribution in [-0.4, -0.2) is 34.6 Å². The summed E-state index contributed by atoms with van der Waals surface area (Å²) >= 11 is 5.94. The van der Waals surface area contributed by atoms with Gasteiger partial charge in [0.25, 0.3) is 0 Å². The highest BCUT2D eigenvalue weighted by Crippen LogP contribution is 2.21. The standard InChI is InChI=1S/C14H19ClFN3/c1-4-18(3)5-6-19-13-7-10(2)11(16)8-12(13)17-14(19)9-15/h7-8H,4-6,9H2,1-3H3. The molecule has 3 nitrogen and oxygen atoms in total. The molecule has 2 aromatic rings. The number of likely N-dealkylation sites (N-methyl/N-ethyl adjacent to an activating group) is 1. The van der Waals surface area contributed by atoms with Crippen molar-refractivity contribution < 1.29 is 4.39 Å². The highest BCUT2D eigenvalue weighted by Gasteiger charge is 2.12. The van der Waals surface area contributed by atoms with Crippen LogP contribution in [0.3, 0.4) is 0 Å². The fourth-order valence-electron chi connectivity index (χ4n) is 2.08. The number of rotatable bonds is 5. The van der Waals surface area contributed by atoms with E-state index in [-0.39, 0.29) is 5.82 Å². The van der Waals surface area contributed by atoms with Crippen LogP contribution >= 0.6 is 11.6 Å². The second kappa shape index (κ2) is 5.88. The first-order valence-electron chi connectivity index (χ1n) is 6.46. The van der Waals surface area contributed by atoms with Crippen molar-refractivity contribution in [1.82, 2.24) is 14.5 Å². The van der Waals surface area contributed by atoms with Gasteiger partial charge < -0.3 is 9.47 Å². The van der Waals surface area contributed by atoms with Crippen LogP contribution in [0.2, 0.25) is 0 Å². The highest BCUT2D eigenvalue weighted by molar-refractivity contribution is 6.16. The zero-order chi connectivity index (χ0) is 14.0. The number of aromatic nitrogens is 2. The van der Waals surface area contributed by atoms with Crippen molar-refractivity contribution in [2.75, 3.05) is 20.1 Å². The third kappa shape index (κ3) is 2.90. The first kappa shape index (κ1) is 14.3. The molecule has 0 aliphatic rings. The average molecular weight is 284 g/mol. The molecule has 0 saturated heterocycles. The van der Waals surface area contributed by atoms with Gasteiger partial charge in [-0.25, -0.2) is 9.37 Å². The summed E-state index contributed by atoms with van der Waals surface area (Å²) in [6.07, 6.45) is 0. The smallest absolute Gasteiger partial charge is 0.128 e. The van der Waals surface area contributed by atoms with Gasteiger partial charge >= 0.3 is 0 Å². The van der Waals surface area contributed by atoms with Crippen LogP contribution in [0.4, 0.5) is 4.39 Å². The number of imidazole rings is 1. The summed E-state index contributed by atoms with van der Waals surface area (Å²) in [6.45, 7) is 6.62. The summed E-state index contributed by atoms with van der Waals surface area (Å²) in [7, 11) is 2.07. The SMILES string of the molecule is CCN(C)CCn1c(CCl)nc2cc(F)c(C)cc21. The summed E-state index contributed by atoms with van der Waals surface area (Å²) in [5.74, 6) is 0.917. The molecular formula is C14H19ClFN3. The van der Waals surface area contributed by atoms with Gasteiger partial charge in [0, 0.05) is 19.2 Å². The maximum absolute atomic E-state index is 13.6. The zero-order valence-electron chi connectivity index (χ0n) is 11.6. The number of hydrogen-bond acceptors (Lipinski definition) is 2. The summed E-state index contributed by atoms with van der Waals surface area (Å²) in [6, 6.07) is 3.33. The molecule has 0 aliphatic carbocycles. The molecule has 0 unspecified atom stereocenters. The highest BCUT2D eigenvalue weighted by atomic mass is 35.5. The average Bonchev–Trinajstić information content (AvgIpc) is 2.73. The molecule has 0 amide bonds. The van der Waals surface area contributed by atoms with Crippen molar-refractivity contribution in [3.05, 3.63) is 29.3 Å². The van der Waals surface area contributed by atoms with Crippen molar-refractivity contribution in [2.24, 2.45) is 0 Å². The molecule has 0 bridgehead atoms. The van der Waals surface area contributed by atoms with Crippen molar-refractivity contribution >= 4 is 22.6 Å². The van der Waals surface area contributed by atoms with E-state index in [2.05, 4.69) is 28.4 Å². The number of fused-ring (bicyclic) bond motifs is 1. The topological polar surface area (TPSA) is 21.1 Å². The normalized spacial score (nSPS) is 11.7. The molecule has 0 aliphatic heterocycles. The molecule has 0 fully saturated rings. The summed E-state index contributed by atoms with van der Waals surface area (Å²) in [5, 5.41) is 0. The summed E-state index contributed by atoms with van der Waals surface area (Å²) in [4.78, 5) is 6.63. The summed E-state index contributed by atoms with van der Waals surface area (Å²) in [5.41, 5.74) is 2.27.